The van der Waals surface area contributed by atoms with Gasteiger partial charge in [-0.25, -0.2) is 4.98 Å². The molecule has 0 aliphatic carbocycles. The molecule has 3 aromatic rings. The Hall–Kier alpha value is -2.30. The van der Waals surface area contributed by atoms with E-state index in [1.165, 1.54) is 0 Å². The molecule has 0 amide bonds. The van der Waals surface area contributed by atoms with Gasteiger partial charge in [-0.3, -0.25) is 0 Å². The smallest absolute Gasteiger partial charge is 0.153 e. The number of benzene rings is 2. The quantitative estimate of drug-likeness (QED) is 0.572. The number of aliphatic hydroxyl groups excluding tert-OH is 1. The highest BCUT2D eigenvalue weighted by Crippen LogP contribution is 2.28. The molecular weight excluding hydrogens is 348 g/mol. The number of halogens is 1. The Bertz CT molecular complexity index is 829. The van der Waals surface area contributed by atoms with Crippen LogP contribution in [-0.2, 0) is 13.2 Å². The summed E-state index contributed by atoms with van der Waals surface area (Å²) >= 11 is 6.27. The predicted octanol–water partition coefficient (Wildman–Crippen LogP) is 4.92. The summed E-state index contributed by atoms with van der Waals surface area (Å²) in [6.45, 7) is 3.30. The Morgan fingerprint density at radius 2 is 1.81 bits per heavy atom. The summed E-state index contributed by atoms with van der Waals surface area (Å²) in [7, 11) is 0. The Balaban J connectivity index is 1.89. The molecule has 1 N–H and O–H groups in total. The summed E-state index contributed by atoms with van der Waals surface area (Å²) in [5, 5.41) is 10.1. The van der Waals surface area contributed by atoms with E-state index in [-0.39, 0.29) is 6.61 Å². The number of nitrogens with zero attached hydrogens (tertiary/aromatic N) is 2. The number of rotatable bonds is 8. The minimum Gasteiger partial charge on any atom is -0.494 e. The highest BCUT2D eigenvalue weighted by Gasteiger charge is 2.17. The highest BCUT2D eigenvalue weighted by molar-refractivity contribution is 6.30. The summed E-state index contributed by atoms with van der Waals surface area (Å²) in [5.74, 6) is 1.58. The van der Waals surface area contributed by atoms with Gasteiger partial charge in [-0.2, -0.15) is 0 Å². The van der Waals surface area contributed by atoms with Crippen LogP contribution in [0.2, 0.25) is 5.15 Å². The molecule has 0 fully saturated rings. The third-order valence-electron chi connectivity index (χ3n) is 4.24. The second-order valence-electron chi connectivity index (χ2n) is 6.13. The molecule has 1 heterocycles. The fourth-order valence-corrected chi connectivity index (χ4v) is 3.04. The van der Waals surface area contributed by atoms with Gasteiger partial charge in [-0.15, -0.1) is 0 Å². The van der Waals surface area contributed by atoms with Gasteiger partial charge in [0.15, 0.2) is 5.15 Å². The Kier molecular flexibility index (Phi) is 6.31. The first-order chi connectivity index (χ1) is 12.7. The van der Waals surface area contributed by atoms with Crippen LogP contribution in [0.15, 0.2) is 54.6 Å². The fourth-order valence-electron chi connectivity index (χ4n) is 2.80. The van der Waals surface area contributed by atoms with Crippen molar-refractivity contribution in [3.05, 3.63) is 71.0 Å². The Morgan fingerprint density at radius 1 is 1.08 bits per heavy atom. The maximum Gasteiger partial charge on any atom is 0.153 e. The molecule has 0 unspecified atom stereocenters. The number of hydrogen-bond acceptors (Lipinski definition) is 3. The lowest BCUT2D eigenvalue weighted by atomic mass is 10.2. The molecule has 0 saturated heterocycles. The summed E-state index contributed by atoms with van der Waals surface area (Å²) in [4.78, 5) is 4.48. The number of hydrogen-bond donors (Lipinski definition) is 1. The van der Waals surface area contributed by atoms with Gasteiger partial charge in [0.1, 0.15) is 11.6 Å². The van der Waals surface area contributed by atoms with Gasteiger partial charge >= 0.3 is 0 Å². The fraction of sp³-hybridized carbons (Fsp3) is 0.286. The SMILES string of the molecule is CCCCOc1ccc(-c2nc(Cl)c(CO)n2Cc2ccccc2)cc1. The summed E-state index contributed by atoms with van der Waals surface area (Å²) in [6, 6.07) is 17.9. The summed E-state index contributed by atoms with van der Waals surface area (Å²) in [6.07, 6.45) is 2.15. The number of aromatic nitrogens is 2. The van der Waals surface area contributed by atoms with Crippen molar-refractivity contribution in [3.63, 3.8) is 0 Å². The lowest BCUT2D eigenvalue weighted by Gasteiger charge is -2.12. The largest absolute Gasteiger partial charge is 0.494 e. The van der Waals surface area contributed by atoms with E-state index in [4.69, 9.17) is 16.3 Å². The molecule has 0 aliphatic heterocycles. The van der Waals surface area contributed by atoms with E-state index in [1.807, 2.05) is 59.2 Å². The van der Waals surface area contributed by atoms with Crippen molar-refractivity contribution in [2.45, 2.75) is 32.9 Å². The number of imidazole rings is 1. The minimum absolute atomic E-state index is 0.156. The van der Waals surface area contributed by atoms with Gasteiger partial charge in [0.25, 0.3) is 0 Å². The molecule has 5 heteroatoms. The van der Waals surface area contributed by atoms with E-state index in [9.17, 15) is 5.11 Å². The summed E-state index contributed by atoms with van der Waals surface area (Å²) < 4.78 is 7.68. The Labute approximate surface area is 159 Å². The molecule has 0 atom stereocenters. The van der Waals surface area contributed by atoms with Gasteiger partial charge in [-0.05, 0) is 36.2 Å². The monoisotopic (exact) mass is 370 g/mol. The van der Waals surface area contributed by atoms with Crippen molar-refractivity contribution in [1.82, 2.24) is 9.55 Å². The molecule has 0 aliphatic rings. The van der Waals surface area contributed by atoms with Crippen LogP contribution in [0.1, 0.15) is 31.0 Å². The third-order valence-corrected chi connectivity index (χ3v) is 4.54. The van der Waals surface area contributed by atoms with Crippen molar-refractivity contribution in [3.8, 4) is 17.1 Å². The maximum absolute atomic E-state index is 9.74. The van der Waals surface area contributed by atoms with Crippen molar-refractivity contribution in [2.24, 2.45) is 0 Å². The van der Waals surface area contributed by atoms with Crippen LogP contribution in [0.4, 0.5) is 0 Å². The molecule has 4 nitrogen and oxygen atoms in total. The van der Waals surface area contributed by atoms with Gasteiger partial charge in [0, 0.05) is 12.1 Å². The van der Waals surface area contributed by atoms with Gasteiger partial charge in [0.05, 0.1) is 18.9 Å². The predicted molar refractivity (Wildman–Crippen MR) is 105 cm³/mol. The maximum atomic E-state index is 9.74. The topological polar surface area (TPSA) is 47.3 Å². The van der Waals surface area contributed by atoms with Crippen molar-refractivity contribution in [2.75, 3.05) is 6.61 Å². The van der Waals surface area contributed by atoms with E-state index < -0.39 is 0 Å². The zero-order valence-corrected chi connectivity index (χ0v) is 15.6. The lowest BCUT2D eigenvalue weighted by Crippen LogP contribution is -2.06. The first-order valence-electron chi connectivity index (χ1n) is 8.85. The van der Waals surface area contributed by atoms with Crippen LogP contribution in [0.3, 0.4) is 0 Å². The number of unbranched alkanes of at least 4 members (excludes halogenated alkanes) is 1. The molecule has 0 radical (unpaired) electrons. The van der Waals surface area contributed by atoms with Gasteiger partial charge in [-0.1, -0.05) is 55.3 Å². The first kappa shape index (κ1) is 18.5. The molecule has 3 rings (SSSR count). The normalized spacial score (nSPS) is 10.9. The lowest BCUT2D eigenvalue weighted by molar-refractivity contribution is 0.272. The van der Waals surface area contributed by atoms with E-state index in [1.54, 1.807) is 0 Å². The van der Waals surface area contributed by atoms with Crippen molar-refractivity contribution in [1.29, 1.82) is 0 Å². The molecule has 2 aromatic carbocycles. The average molecular weight is 371 g/mol. The van der Waals surface area contributed by atoms with Crippen LogP contribution in [-0.4, -0.2) is 21.3 Å². The van der Waals surface area contributed by atoms with E-state index in [0.29, 0.717) is 17.4 Å². The third kappa shape index (κ3) is 4.26. The summed E-state index contributed by atoms with van der Waals surface area (Å²) in [5.41, 5.74) is 2.68. The van der Waals surface area contributed by atoms with Gasteiger partial charge in [0.2, 0.25) is 0 Å². The van der Waals surface area contributed by atoms with Crippen LogP contribution in [0, 0.1) is 0 Å². The zero-order chi connectivity index (χ0) is 18.4. The average Bonchev–Trinajstić information content (AvgIpc) is 2.98. The second kappa shape index (κ2) is 8.88. The molecule has 1 aromatic heterocycles. The first-order valence-corrected chi connectivity index (χ1v) is 9.23. The second-order valence-corrected chi connectivity index (χ2v) is 6.49. The highest BCUT2D eigenvalue weighted by atomic mass is 35.5. The number of ether oxygens (including phenoxy) is 1. The van der Waals surface area contributed by atoms with Crippen LogP contribution in [0.25, 0.3) is 11.4 Å². The number of aliphatic hydroxyl groups is 1. The van der Waals surface area contributed by atoms with E-state index >= 15 is 0 Å². The molecular formula is C21H23ClN2O2. The van der Waals surface area contributed by atoms with E-state index in [2.05, 4.69) is 11.9 Å². The molecule has 0 saturated carbocycles. The zero-order valence-electron chi connectivity index (χ0n) is 14.9. The molecule has 136 valence electrons. The Morgan fingerprint density at radius 3 is 2.46 bits per heavy atom. The molecule has 0 bridgehead atoms. The molecule has 0 spiro atoms. The van der Waals surface area contributed by atoms with Crippen LogP contribution < -0.4 is 4.74 Å². The van der Waals surface area contributed by atoms with Crippen molar-refractivity contribution < 1.29 is 9.84 Å². The standard InChI is InChI=1S/C21H23ClN2O2/c1-2-3-13-26-18-11-9-17(10-12-18)21-23-20(22)19(15-25)24(21)14-16-7-5-4-6-8-16/h4-12,25H,2-3,13-15H2,1H3. The van der Waals surface area contributed by atoms with Crippen LogP contribution >= 0.6 is 11.6 Å². The molecule has 26 heavy (non-hydrogen) atoms. The van der Waals surface area contributed by atoms with Gasteiger partial charge < -0.3 is 14.4 Å². The van der Waals surface area contributed by atoms with Crippen LogP contribution in [0.5, 0.6) is 5.75 Å². The van der Waals surface area contributed by atoms with Crippen molar-refractivity contribution >= 4 is 11.6 Å². The minimum atomic E-state index is -0.156. The van der Waals surface area contributed by atoms with E-state index in [0.717, 1.165) is 42.1 Å².